The van der Waals surface area contributed by atoms with E-state index in [9.17, 15) is 5.11 Å². The number of fused-ring (bicyclic) bond motifs is 1. The van der Waals surface area contributed by atoms with Crippen molar-refractivity contribution in [2.75, 3.05) is 13.2 Å². The van der Waals surface area contributed by atoms with E-state index in [0.29, 0.717) is 6.61 Å². The standard InChI is InChI=1S/C13H22O4/c1-2-12(9-14)11-10(8-15-12)16-13(17-11)6-4-3-5-7-13/h10-11,14H,2-9H2,1H3/t10?,11?,12-/m1/s1. The molecule has 3 atom stereocenters. The SMILES string of the molecule is CC[C@]1(CO)OCC2OC3(CCCCC3)OC21. The van der Waals surface area contributed by atoms with Gasteiger partial charge in [-0.05, 0) is 19.3 Å². The van der Waals surface area contributed by atoms with Crippen LogP contribution in [0.5, 0.6) is 0 Å². The lowest BCUT2D eigenvalue weighted by molar-refractivity contribution is -0.233. The maximum atomic E-state index is 9.59. The van der Waals surface area contributed by atoms with Gasteiger partial charge in [-0.3, -0.25) is 0 Å². The van der Waals surface area contributed by atoms with Gasteiger partial charge >= 0.3 is 0 Å². The molecule has 0 aromatic heterocycles. The summed E-state index contributed by atoms with van der Waals surface area (Å²) in [6.45, 7) is 2.61. The molecule has 0 amide bonds. The highest BCUT2D eigenvalue weighted by molar-refractivity contribution is 5.04. The van der Waals surface area contributed by atoms with Crippen LogP contribution >= 0.6 is 0 Å². The molecule has 1 spiro atoms. The molecule has 17 heavy (non-hydrogen) atoms. The molecule has 0 bridgehead atoms. The highest BCUT2D eigenvalue weighted by atomic mass is 16.8. The van der Waals surface area contributed by atoms with Crippen LogP contribution in [0, 0.1) is 0 Å². The van der Waals surface area contributed by atoms with E-state index < -0.39 is 5.60 Å². The summed E-state index contributed by atoms with van der Waals surface area (Å²) in [5.74, 6) is -0.368. The van der Waals surface area contributed by atoms with Crippen LogP contribution in [0.4, 0.5) is 0 Å². The summed E-state index contributed by atoms with van der Waals surface area (Å²) in [4.78, 5) is 0. The molecule has 2 saturated heterocycles. The van der Waals surface area contributed by atoms with Gasteiger partial charge in [0.15, 0.2) is 5.79 Å². The van der Waals surface area contributed by atoms with Crippen molar-refractivity contribution < 1.29 is 19.3 Å². The number of aliphatic hydroxyl groups excluding tert-OH is 1. The summed E-state index contributed by atoms with van der Waals surface area (Å²) in [6, 6.07) is 0. The van der Waals surface area contributed by atoms with Crippen LogP contribution in [0.3, 0.4) is 0 Å². The molecular formula is C13H22O4. The average Bonchev–Trinajstić information content (AvgIpc) is 2.86. The molecule has 2 unspecified atom stereocenters. The zero-order valence-corrected chi connectivity index (χ0v) is 10.5. The summed E-state index contributed by atoms with van der Waals surface area (Å²) in [5, 5.41) is 9.59. The van der Waals surface area contributed by atoms with E-state index in [1.54, 1.807) is 0 Å². The Labute approximate surface area is 102 Å². The molecule has 1 aliphatic carbocycles. The van der Waals surface area contributed by atoms with E-state index in [1.807, 2.05) is 6.92 Å². The van der Waals surface area contributed by atoms with Gasteiger partial charge in [-0.25, -0.2) is 0 Å². The van der Waals surface area contributed by atoms with Gasteiger partial charge in [0.05, 0.1) is 13.2 Å². The van der Waals surface area contributed by atoms with Crippen molar-refractivity contribution in [1.29, 1.82) is 0 Å². The Morgan fingerprint density at radius 3 is 2.59 bits per heavy atom. The van der Waals surface area contributed by atoms with Crippen LogP contribution in [0.25, 0.3) is 0 Å². The Hall–Kier alpha value is -0.160. The number of rotatable bonds is 2. The monoisotopic (exact) mass is 242 g/mol. The Bertz CT molecular complexity index is 281. The second kappa shape index (κ2) is 4.19. The minimum Gasteiger partial charge on any atom is -0.393 e. The highest BCUT2D eigenvalue weighted by Gasteiger charge is 2.59. The lowest BCUT2D eigenvalue weighted by atomic mass is 9.93. The number of hydrogen-bond acceptors (Lipinski definition) is 4. The van der Waals surface area contributed by atoms with Gasteiger partial charge in [0, 0.05) is 12.8 Å². The van der Waals surface area contributed by atoms with Crippen molar-refractivity contribution in [2.45, 2.75) is 69.0 Å². The van der Waals surface area contributed by atoms with E-state index in [0.717, 1.165) is 19.3 Å². The van der Waals surface area contributed by atoms with Gasteiger partial charge in [-0.1, -0.05) is 13.3 Å². The third-order valence-corrected chi connectivity index (χ3v) is 4.58. The fraction of sp³-hybridized carbons (Fsp3) is 1.00. The van der Waals surface area contributed by atoms with Crippen molar-refractivity contribution in [3.63, 3.8) is 0 Å². The van der Waals surface area contributed by atoms with E-state index in [2.05, 4.69) is 0 Å². The molecule has 98 valence electrons. The first-order chi connectivity index (χ1) is 8.24. The first-order valence-electron chi connectivity index (χ1n) is 6.84. The molecule has 4 nitrogen and oxygen atoms in total. The molecule has 3 rings (SSSR count). The maximum Gasteiger partial charge on any atom is 0.169 e. The lowest BCUT2D eigenvalue weighted by Gasteiger charge is -2.36. The van der Waals surface area contributed by atoms with Gasteiger partial charge in [-0.15, -0.1) is 0 Å². The zero-order chi connectivity index (χ0) is 11.9. The third kappa shape index (κ3) is 1.73. The maximum absolute atomic E-state index is 9.59. The molecule has 3 fully saturated rings. The first-order valence-corrected chi connectivity index (χ1v) is 6.84. The van der Waals surface area contributed by atoms with E-state index >= 15 is 0 Å². The van der Waals surface area contributed by atoms with Crippen molar-refractivity contribution in [3.8, 4) is 0 Å². The Morgan fingerprint density at radius 2 is 1.94 bits per heavy atom. The highest BCUT2D eigenvalue weighted by Crippen LogP contribution is 2.47. The molecule has 0 radical (unpaired) electrons. The minimum absolute atomic E-state index is 0.0141. The summed E-state index contributed by atoms with van der Waals surface area (Å²) in [7, 11) is 0. The minimum atomic E-state index is -0.536. The fourth-order valence-corrected chi connectivity index (χ4v) is 3.45. The van der Waals surface area contributed by atoms with E-state index in [1.165, 1.54) is 19.3 Å². The summed E-state index contributed by atoms with van der Waals surface area (Å²) < 4.78 is 18.1. The molecule has 0 aromatic rings. The predicted molar refractivity (Wildman–Crippen MR) is 61.6 cm³/mol. The van der Waals surface area contributed by atoms with Gasteiger partial charge in [0.2, 0.25) is 0 Å². The normalized spacial score (nSPS) is 44.1. The largest absolute Gasteiger partial charge is 0.393 e. The van der Waals surface area contributed by atoms with Crippen LogP contribution in [0.2, 0.25) is 0 Å². The topological polar surface area (TPSA) is 47.9 Å². The predicted octanol–water partition coefficient (Wildman–Crippen LogP) is 1.60. The summed E-state index contributed by atoms with van der Waals surface area (Å²) >= 11 is 0. The van der Waals surface area contributed by atoms with Crippen molar-refractivity contribution in [3.05, 3.63) is 0 Å². The smallest absolute Gasteiger partial charge is 0.169 e. The van der Waals surface area contributed by atoms with Crippen molar-refractivity contribution >= 4 is 0 Å². The van der Waals surface area contributed by atoms with Crippen LogP contribution in [-0.2, 0) is 14.2 Å². The Kier molecular flexibility index (Phi) is 2.94. The molecular weight excluding hydrogens is 220 g/mol. The number of aliphatic hydroxyl groups is 1. The second-order valence-electron chi connectivity index (χ2n) is 5.55. The third-order valence-electron chi connectivity index (χ3n) is 4.58. The van der Waals surface area contributed by atoms with Crippen LogP contribution in [0.1, 0.15) is 45.4 Å². The molecule has 2 aliphatic heterocycles. The van der Waals surface area contributed by atoms with Crippen LogP contribution in [0.15, 0.2) is 0 Å². The van der Waals surface area contributed by atoms with Crippen molar-refractivity contribution in [2.24, 2.45) is 0 Å². The van der Waals surface area contributed by atoms with Gasteiger partial charge < -0.3 is 19.3 Å². The van der Waals surface area contributed by atoms with Gasteiger partial charge in [-0.2, -0.15) is 0 Å². The van der Waals surface area contributed by atoms with Crippen LogP contribution in [-0.4, -0.2) is 41.9 Å². The lowest BCUT2D eigenvalue weighted by Crippen LogP contribution is -2.46. The summed E-state index contributed by atoms with van der Waals surface area (Å²) in [5.41, 5.74) is -0.536. The number of ether oxygens (including phenoxy) is 3. The van der Waals surface area contributed by atoms with E-state index in [-0.39, 0.29) is 24.6 Å². The zero-order valence-electron chi connectivity index (χ0n) is 10.5. The second-order valence-corrected chi connectivity index (χ2v) is 5.55. The van der Waals surface area contributed by atoms with Crippen molar-refractivity contribution in [1.82, 2.24) is 0 Å². The Morgan fingerprint density at radius 1 is 1.18 bits per heavy atom. The molecule has 1 saturated carbocycles. The molecule has 2 heterocycles. The van der Waals surface area contributed by atoms with E-state index in [4.69, 9.17) is 14.2 Å². The number of hydrogen-bond donors (Lipinski definition) is 1. The first kappa shape index (κ1) is 11.9. The average molecular weight is 242 g/mol. The molecule has 0 aromatic carbocycles. The summed E-state index contributed by atoms with van der Waals surface area (Å²) in [6.07, 6.45) is 6.31. The van der Waals surface area contributed by atoms with Gasteiger partial charge in [0.25, 0.3) is 0 Å². The van der Waals surface area contributed by atoms with Crippen LogP contribution < -0.4 is 0 Å². The molecule has 3 aliphatic rings. The van der Waals surface area contributed by atoms with Gasteiger partial charge in [0.1, 0.15) is 17.8 Å². The fourth-order valence-electron chi connectivity index (χ4n) is 3.45. The molecule has 1 N–H and O–H groups in total. The quantitative estimate of drug-likeness (QED) is 0.799. The molecule has 4 heteroatoms. The Balaban J connectivity index is 1.78.